The van der Waals surface area contributed by atoms with Crippen molar-refractivity contribution in [2.75, 3.05) is 6.54 Å². The predicted molar refractivity (Wildman–Crippen MR) is 165 cm³/mol. The fourth-order valence-corrected chi connectivity index (χ4v) is 5.67. The molecule has 9 nitrogen and oxygen atoms in total. The molecule has 3 amide bonds. The molecule has 1 atom stereocenters. The van der Waals surface area contributed by atoms with Crippen LogP contribution in [0.1, 0.15) is 87.2 Å². The summed E-state index contributed by atoms with van der Waals surface area (Å²) in [6.45, 7) is 7.92. The van der Waals surface area contributed by atoms with Crippen LogP contribution in [0.5, 0.6) is 0 Å². The van der Waals surface area contributed by atoms with E-state index in [1.54, 1.807) is 0 Å². The summed E-state index contributed by atoms with van der Waals surface area (Å²) in [4.78, 5) is 49.4. The first-order valence-electron chi connectivity index (χ1n) is 15.4. The number of aliphatic carboxylic acids is 1. The molecule has 2 aromatic carbocycles. The highest BCUT2D eigenvalue weighted by molar-refractivity contribution is 5.95. The van der Waals surface area contributed by atoms with E-state index in [0.29, 0.717) is 24.9 Å². The number of carbonyl (C=O) groups is 4. The van der Waals surface area contributed by atoms with E-state index in [1.807, 2.05) is 70.2 Å². The van der Waals surface area contributed by atoms with Gasteiger partial charge < -0.3 is 25.8 Å². The number of alkyl carbamates (subject to hydrolysis) is 1. The molecule has 0 saturated heterocycles. The molecule has 2 fully saturated rings. The number of hydrogen-bond donors (Lipinski definition) is 4. The highest BCUT2D eigenvalue weighted by Crippen LogP contribution is 2.29. The molecule has 4 rings (SSSR count). The first-order chi connectivity index (χ1) is 20.4. The van der Waals surface area contributed by atoms with E-state index in [0.717, 1.165) is 54.4 Å². The molecule has 4 N–H and O–H groups in total. The fourth-order valence-electron chi connectivity index (χ4n) is 5.67. The molecule has 2 aliphatic rings. The van der Waals surface area contributed by atoms with Crippen molar-refractivity contribution in [1.82, 2.24) is 16.0 Å². The summed E-state index contributed by atoms with van der Waals surface area (Å²) in [7, 11) is 0. The van der Waals surface area contributed by atoms with Gasteiger partial charge in [0.25, 0.3) is 5.91 Å². The Kier molecular flexibility index (Phi) is 10.5. The third-order valence-electron chi connectivity index (χ3n) is 8.40. The number of nitrogens with one attached hydrogen (secondary N) is 3. The van der Waals surface area contributed by atoms with Crippen molar-refractivity contribution in [2.45, 2.75) is 96.7 Å². The molecule has 0 radical (unpaired) electrons. The Labute approximate surface area is 254 Å². The summed E-state index contributed by atoms with van der Waals surface area (Å²) in [5.74, 6) is -1.34. The summed E-state index contributed by atoms with van der Waals surface area (Å²) in [6.07, 6.45) is 5.83. The van der Waals surface area contributed by atoms with E-state index < -0.39 is 23.7 Å². The molecule has 2 saturated carbocycles. The molecule has 0 bridgehead atoms. The van der Waals surface area contributed by atoms with Gasteiger partial charge in [-0.1, -0.05) is 30.3 Å². The minimum atomic E-state index is -1.07. The minimum absolute atomic E-state index is 0.0419. The van der Waals surface area contributed by atoms with Crippen molar-refractivity contribution < 1.29 is 29.0 Å². The van der Waals surface area contributed by atoms with E-state index in [1.165, 1.54) is 0 Å². The van der Waals surface area contributed by atoms with E-state index in [9.17, 15) is 24.3 Å². The van der Waals surface area contributed by atoms with Crippen LogP contribution in [0.25, 0.3) is 11.1 Å². The third kappa shape index (κ3) is 9.30. The van der Waals surface area contributed by atoms with E-state index in [-0.39, 0.29) is 36.1 Å². The van der Waals surface area contributed by atoms with Crippen LogP contribution in [0, 0.1) is 18.8 Å². The normalized spacial score (nSPS) is 19.4. The Morgan fingerprint density at radius 3 is 2.19 bits per heavy atom. The number of aryl methyl sites for hydroxylation is 1. The topological polar surface area (TPSA) is 134 Å². The molecular formula is C34H45N3O6. The van der Waals surface area contributed by atoms with Crippen LogP contribution < -0.4 is 16.0 Å². The van der Waals surface area contributed by atoms with Crippen LogP contribution >= 0.6 is 0 Å². The lowest BCUT2D eigenvalue weighted by molar-refractivity contribution is -0.142. The SMILES string of the molecule is Cc1cc(C(=O)NC2CCC2)ccc1-c1ccc(C[C@H](NC(=O)C2CCC(CNC(=O)OC(C)(C)C)CC2)C(=O)O)cc1. The van der Waals surface area contributed by atoms with Crippen molar-refractivity contribution in [3.63, 3.8) is 0 Å². The first-order valence-corrected chi connectivity index (χ1v) is 15.4. The molecular weight excluding hydrogens is 546 g/mol. The molecule has 0 unspecified atom stereocenters. The van der Waals surface area contributed by atoms with Crippen LogP contribution in [-0.4, -0.2) is 53.2 Å². The van der Waals surface area contributed by atoms with Crippen molar-refractivity contribution in [1.29, 1.82) is 0 Å². The van der Waals surface area contributed by atoms with Gasteiger partial charge in [0.1, 0.15) is 11.6 Å². The summed E-state index contributed by atoms with van der Waals surface area (Å²) in [6, 6.07) is 12.6. The highest BCUT2D eigenvalue weighted by Gasteiger charge is 2.30. The molecule has 43 heavy (non-hydrogen) atoms. The molecule has 0 aliphatic heterocycles. The lowest BCUT2D eigenvalue weighted by Crippen LogP contribution is -2.46. The van der Waals surface area contributed by atoms with Gasteiger partial charge in [-0.25, -0.2) is 9.59 Å². The number of amides is 3. The lowest BCUT2D eigenvalue weighted by Gasteiger charge is -2.29. The van der Waals surface area contributed by atoms with Crippen molar-refractivity contribution in [2.24, 2.45) is 11.8 Å². The van der Waals surface area contributed by atoms with Crippen LogP contribution in [0.15, 0.2) is 42.5 Å². The maximum Gasteiger partial charge on any atom is 0.407 e. The number of carboxylic acid groups (broad SMARTS) is 1. The first kappa shape index (κ1) is 32.0. The van der Waals surface area contributed by atoms with Crippen molar-refractivity contribution in [3.05, 3.63) is 59.2 Å². The van der Waals surface area contributed by atoms with Gasteiger partial charge in [0, 0.05) is 30.5 Å². The summed E-state index contributed by atoms with van der Waals surface area (Å²) in [5.41, 5.74) is 3.87. The van der Waals surface area contributed by atoms with E-state index in [4.69, 9.17) is 4.74 Å². The molecule has 232 valence electrons. The largest absolute Gasteiger partial charge is 0.480 e. The van der Waals surface area contributed by atoms with Gasteiger partial charge in [-0.05, 0) is 113 Å². The summed E-state index contributed by atoms with van der Waals surface area (Å²) < 4.78 is 5.28. The standard InChI is InChI=1S/C34H45N3O6/c1-21-18-26(31(39)36-27-6-5-7-27)16-17-28(21)24-12-8-22(9-13-24)19-29(32(40)41)37-30(38)25-14-10-23(11-15-25)20-35-33(42)43-34(2,3)4/h8-9,12-13,16-18,23,25,27,29H,5-7,10-11,14-15,19-20H2,1-4H3,(H,35,42)(H,36,39)(H,37,38)(H,40,41)/t23?,25?,29-/m0/s1. The Bertz CT molecular complexity index is 1300. The van der Waals surface area contributed by atoms with Gasteiger partial charge in [-0.3, -0.25) is 9.59 Å². The van der Waals surface area contributed by atoms with Gasteiger partial charge in [0.2, 0.25) is 5.91 Å². The third-order valence-corrected chi connectivity index (χ3v) is 8.40. The van der Waals surface area contributed by atoms with Crippen LogP contribution in [0.4, 0.5) is 4.79 Å². The second kappa shape index (κ2) is 14.1. The number of ether oxygens (including phenoxy) is 1. The quantitative estimate of drug-likeness (QED) is 0.293. The summed E-state index contributed by atoms with van der Waals surface area (Å²) >= 11 is 0. The smallest absolute Gasteiger partial charge is 0.407 e. The highest BCUT2D eigenvalue weighted by atomic mass is 16.6. The van der Waals surface area contributed by atoms with Gasteiger partial charge in [0.15, 0.2) is 0 Å². The maximum atomic E-state index is 13.0. The predicted octanol–water partition coefficient (Wildman–Crippen LogP) is 5.39. The molecule has 2 aromatic rings. The lowest BCUT2D eigenvalue weighted by atomic mass is 9.81. The second-order valence-electron chi connectivity index (χ2n) is 13.0. The Morgan fingerprint density at radius 1 is 0.953 bits per heavy atom. The van der Waals surface area contributed by atoms with Crippen molar-refractivity contribution >= 4 is 23.9 Å². The average molecular weight is 592 g/mol. The maximum absolute atomic E-state index is 13.0. The van der Waals surface area contributed by atoms with E-state index in [2.05, 4.69) is 16.0 Å². The van der Waals surface area contributed by atoms with Crippen LogP contribution in [0.2, 0.25) is 0 Å². The van der Waals surface area contributed by atoms with Gasteiger partial charge in [-0.2, -0.15) is 0 Å². The minimum Gasteiger partial charge on any atom is -0.480 e. The van der Waals surface area contributed by atoms with Crippen LogP contribution in [-0.2, 0) is 20.7 Å². The van der Waals surface area contributed by atoms with Crippen LogP contribution in [0.3, 0.4) is 0 Å². The number of benzene rings is 2. The molecule has 0 heterocycles. The van der Waals surface area contributed by atoms with Crippen molar-refractivity contribution in [3.8, 4) is 11.1 Å². The van der Waals surface area contributed by atoms with Gasteiger partial charge >= 0.3 is 12.1 Å². The van der Waals surface area contributed by atoms with Gasteiger partial charge in [-0.15, -0.1) is 0 Å². The Hall–Kier alpha value is -3.88. The molecule has 0 aromatic heterocycles. The number of rotatable bonds is 10. The molecule has 0 spiro atoms. The molecule has 9 heteroatoms. The Balaban J connectivity index is 1.27. The zero-order valence-corrected chi connectivity index (χ0v) is 25.7. The number of carboxylic acids is 1. The average Bonchev–Trinajstić information content (AvgIpc) is 2.93. The second-order valence-corrected chi connectivity index (χ2v) is 13.0. The Morgan fingerprint density at radius 2 is 1.63 bits per heavy atom. The zero-order valence-electron chi connectivity index (χ0n) is 25.7. The number of hydrogen-bond acceptors (Lipinski definition) is 5. The van der Waals surface area contributed by atoms with E-state index >= 15 is 0 Å². The zero-order chi connectivity index (χ0) is 31.1. The summed E-state index contributed by atoms with van der Waals surface area (Å²) in [5, 5.41) is 18.5. The monoisotopic (exact) mass is 591 g/mol. The molecule has 2 aliphatic carbocycles. The fraction of sp³-hybridized carbons (Fsp3) is 0.529. The van der Waals surface area contributed by atoms with Gasteiger partial charge in [0.05, 0.1) is 0 Å². The number of carbonyl (C=O) groups excluding carboxylic acids is 3.